The number of thiophene rings is 6. The minimum absolute atomic E-state index is 0.176. The molecule has 0 amide bonds. The molecule has 0 saturated heterocycles. The zero-order valence-corrected chi connectivity index (χ0v) is 69.5. The molecular formula is C80H108Br2O4S6Se2. The Bertz CT molecular complexity index is 3460. The Hall–Kier alpha value is -1.64. The van der Waals surface area contributed by atoms with Crippen LogP contribution in [0.1, 0.15) is 289 Å². The predicted octanol–water partition coefficient (Wildman–Crippen LogP) is 29.5. The molecule has 0 saturated carbocycles. The number of fused-ring (bicyclic) bond motifs is 4. The van der Waals surface area contributed by atoms with Gasteiger partial charge in [-0.25, -0.2) is 0 Å². The Morgan fingerprint density at radius 3 is 1.09 bits per heavy atom. The number of rotatable bonds is 46. The van der Waals surface area contributed by atoms with Crippen LogP contribution < -0.4 is 0 Å². The van der Waals surface area contributed by atoms with Gasteiger partial charge in [-0.05, 0) is 24.7 Å². The monoisotopic (exact) mass is 1640 g/mol. The Morgan fingerprint density at radius 1 is 0.383 bits per heavy atom. The van der Waals surface area contributed by atoms with E-state index in [2.05, 4.69) is 136 Å². The first kappa shape index (κ1) is 76.5. The first-order chi connectivity index (χ1) is 45.9. The molecule has 514 valence electrons. The number of halogens is 2. The van der Waals surface area contributed by atoms with Crippen molar-refractivity contribution in [3.05, 3.63) is 74.7 Å². The van der Waals surface area contributed by atoms with Gasteiger partial charge in [-0.3, -0.25) is 0 Å². The van der Waals surface area contributed by atoms with Crippen LogP contribution in [0.25, 0.3) is 79.9 Å². The molecule has 1 aromatic carbocycles. The third-order valence-corrected chi connectivity index (χ3v) is 33.4. The summed E-state index contributed by atoms with van der Waals surface area (Å²) in [6.45, 7) is 19.2. The van der Waals surface area contributed by atoms with Gasteiger partial charge in [0.2, 0.25) is 0 Å². The van der Waals surface area contributed by atoms with Crippen molar-refractivity contribution >= 4 is 181 Å². The van der Waals surface area contributed by atoms with Crippen LogP contribution in [0.2, 0.25) is 0 Å². The first-order valence-corrected chi connectivity index (χ1v) is 46.8. The molecule has 0 aliphatic heterocycles. The molecule has 0 spiro atoms. The maximum absolute atomic E-state index is 14.0. The van der Waals surface area contributed by atoms with E-state index in [0.29, 0.717) is 34.8 Å². The molecule has 0 aliphatic rings. The predicted molar refractivity (Wildman–Crippen MR) is 430 cm³/mol. The zero-order valence-electron chi connectivity index (χ0n) is 58.0. The van der Waals surface area contributed by atoms with E-state index in [0.717, 1.165) is 81.5 Å². The summed E-state index contributed by atoms with van der Waals surface area (Å²) in [7, 11) is 0. The Labute approximate surface area is 618 Å². The van der Waals surface area contributed by atoms with Crippen LogP contribution in [0.3, 0.4) is 0 Å². The first-order valence-electron chi connectivity index (χ1n) is 36.9. The fraction of sp³-hybridized carbons (Fsp3) is 0.600. The van der Waals surface area contributed by atoms with Crippen LogP contribution in [0.4, 0.5) is 0 Å². The van der Waals surface area contributed by atoms with Crippen molar-refractivity contribution in [2.24, 2.45) is 23.7 Å². The number of esters is 2. The van der Waals surface area contributed by atoms with E-state index in [1.807, 2.05) is 45.3 Å². The van der Waals surface area contributed by atoms with Crippen molar-refractivity contribution in [2.75, 3.05) is 13.2 Å². The summed E-state index contributed by atoms with van der Waals surface area (Å²) in [6, 6.07) is 19.5. The topological polar surface area (TPSA) is 52.6 Å². The van der Waals surface area contributed by atoms with E-state index in [1.165, 1.54) is 236 Å². The number of carbonyl (C=O) groups excluding carboxylic acids is 2. The van der Waals surface area contributed by atoms with Gasteiger partial charge in [0, 0.05) is 0 Å². The number of unbranched alkanes of at least 4 members (excludes halogenated alkanes) is 18. The molecule has 9 aromatic rings. The number of hydrogen-bond acceptors (Lipinski definition) is 10. The van der Waals surface area contributed by atoms with Crippen molar-refractivity contribution in [1.29, 1.82) is 0 Å². The van der Waals surface area contributed by atoms with Gasteiger partial charge in [-0.15, -0.1) is 0 Å². The molecule has 14 heteroatoms. The van der Waals surface area contributed by atoms with Crippen molar-refractivity contribution < 1.29 is 19.1 Å². The average molecular weight is 1640 g/mol. The molecule has 8 heterocycles. The fourth-order valence-corrected chi connectivity index (χ4v) is 28.2. The summed E-state index contributed by atoms with van der Waals surface area (Å²) >= 11 is 19.3. The molecule has 9 rings (SSSR count). The normalized spacial score (nSPS) is 13.4. The molecule has 0 radical (unpaired) electrons. The van der Waals surface area contributed by atoms with Crippen LogP contribution >= 0.6 is 99.9 Å². The maximum atomic E-state index is 14.0. The zero-order chi connectivity index (χ0) is 66.3. The average Bonchev–Trinajstić information content (AvgIpc) is 1.57. The fourth-order valence-electron chi connectivity index (χ4n) is 13.8. The SMILES string of the molecule is CCCCCCCCC(CCCCCC)Cc1ccc(-c2c3cc(-c4sc(Br)c5cc(C(=O)OCC(CC)CCCC)sc45)sc3c(-c3ccc(CC(CCCCCC)CCCCCCCC)[se]3)c3cc(-c4sc(Br)c5cc(C(=O)OCC(CC)CCCC)sc45)sc23)[se]1. The summed E-state index contributed by atoms with van der Waals surface area (Å²) in [5, 5.41) is 4.96. The van der Waals surface area contributed by atoms with E-state index < -0.39 is 0 Å². The minimum atomic E-state index is -0.199. The van der Waals surface area contributed by atoms with Crippen LogP contribution in [-0.4, -0.2) is 54.2 Å². The Balaban J connectivity index is 1.19. The van der Waals surface area contributed by atoms with Gasteiger partial charge in [0.25, 0.3) is 0 Å². The molecule has 94 heavy (non-hydrogen) atoms. The second kappa shape index (κ2) is 40.1. The molecule has 0 fully saturated rings. The quantitative estimate of drug-likeness (QED) is 0.0217. The van der Waals surface area contributed by atoms with Gasteiger partial charge in [-0.2, -0.15) is 0 Å². The summed E-state index contributed by atoms with van der Waals surface area (Å²) in [6.07, 6.45) is 43.5. The molecule has 4 nitrogen and oxygen atoms in total. The van der Waals surface area contributed by atoms with Gasteiger partial charge in [0.1, 0.15) is 0 Å². The van der Waals surface area contributed by atoms with Gasteiger partial charge < -0.3 is 0 Å². The summed E-state index contributed by atoms with van der Waals surface area (Å²) in [5.74, 6) is 1.84. The molecule has 4 atom stereocenters. The molecule has 8 aromatic heterocycles. The molecule has 0 bridgehead atoms. The second-order valence-corrected chi connectivity index (χ2v) is 40.9. The van der Waals surface area contributed by atoms with Crippen molar-refractivity contribution in [3.63, 3.8) is 0 Å². The van der Waals surface area contributed by atoms with Crippen LogP contribution in [-0.2, 0) is 22.3 Å². The van der Waals surface area contributed by atoms with Crippen molar-refractivity contribution in [3.8, 4) is 39.5 Å². The molecule has 0 N–H and O–H groups in total. The van der Waals surface area contributed by atoms with Crippen LogP contribution in [0.15, 0.2) is 56.1 Å². The van der Waals surface area contributed by atoms with Gasteiger partial charge in [0.15, 0.2) is 0 Å². The van der Waals surface area contributed by atoms with Crippen molar-refractivity contribution in [1.82, 2.24) is 0 Å². The number of benzene rings is 1. The van der Waals surface area contributed by atoms with E-state index in [9.17, 15) is 9.59 Å². The Kier molecular flexibility index (Phi) is 32.7. The van der Waals surface area contributed by atoms with E-state index in [-0.39, 0.29) is 40.9 Å². The molecular weight excluding hydrogens is 1540 g/mol. The van der Waals surface area contributed by atoms with E-state index in [1.54, 1.807) is 31.5 Å². The third-order valence-electron chi connectivity index (χ3n) is 19.6. The summed E-state index contributed by atoms with van der Waals surface area (Å²) in [4.78, 5) is 34.4. The third kappa shape index (κ3) is 20.8. The molecule has 4 unspecified atom stereocenters. The van der Waals surface area contributed by atoms with Crippen molar-refractivity contribution in [2.45, 2.75) is 274 Å². The number of carbonyl (C=O) groups is 2. The van der Waals surface area contributed by atoms with Gasteiger partial charge in [0.05, 0.1) is 0 Å². The van der Waals surface area contributed by atoms with E-state index >= 15 is 0 Å². The number of hydrogen-bond donors (Lipinski definition) is 0. The van der Waals surface area contributed by atoms with Crippen LogP contribution in [0.5, 0.6) is 0 Å². The second-order valence-electron chi connectivity index (χ2n) is 27.1. The Morgan fingerprint density at radius 2 is 0.723 bits per heavy atom. The standard InChI is InChI=1S/C80H108Br2O4S6Se2/c1-9-17-23-27-29-33-39-55(37-31-25-19-11-3)45-57-41-43-67(93-57)69-59-47-63(75-73-61(77(81)91-75)49-65(89-73)79(83)85-51-53(15-7)35-21-13-5)88-72(59)70(68-44-42-58(94-68)46-56(38-32-26-20-12-4)40-34-30-28-24-18-10-2)60-48-64(87-71(60)69)76-74-62(78(82)92-76)50-66(90-74)80(84)86-52-54(16-8)36-22-14-6/h41-44,47-50,53-56H,9-40,45-46,51-52H2,1-8H3. The van der Waals surface area contributed by atoms with Crippen LogP contribution in [0, 0.1) is 23.7 Å². The van der Waals surface area contributed by atoms with E-state index in [4.69, 9.17) is 9.47 Å². The summed E-state index contributed by atoms with van der Waals surface area (Å²) < 4.78 is 25.8. The number of ether oxygens (including phenoxy) is 2. The molecule has 0 aliphatic carbocycles. The summed E-state index contributed by atoms with van der Waals surface area (Å²) in [5.41, 5.74) is 2.84. The van der Waals surface area contributed by atoms with Gasteiger partial charge in [-0.1, -0.05) is 66.2 Å². The van der Waals surface area contributed by atoms with Gasteiger partial charge >= 0.3 is 534 Å².